The highest BCUT2D eigenvalue weighted by atomic mass is 19.1. The molecule has 0 saturated heterocycles. The number of nitrogens with zero attached hydrogens (tertiary/aromatic N) is 1. The molecule has 0 bridgehead atoms. The lowest BCUT2D eigenvalue weighted by Gasteiger charge is -2.31. The maximum absolute atomic E-state index is 15.9. The van der Waals surface area contributed by atoms with Gasteiger partial charge in [0.15, 0.2) is 5.82 Å². The van der Waals surface area contributed by atoms with Gasteiger partial charge in [0.1, 0.15) is 5.82 Å². The Morgan fingerprint density at radius 3 is 1.77 bits per heavy atom. The van der Waals surface area contributed by atoms with E-state index >= 15 is 4.39 Å². The molecule has 0 fully saturated rings. The van der Waals surface area contributed by atoms with Crippen LogP contribution in [0.3, 0.4) is 0 Å². The quantitative estimate of drug-likeness (QED) is 0.330. The molecule has 0 aliphatic rings. The number of hydrogen-bond donors (Lipinski definition) is 0. The van der Waals surface area contributed by atoms with Crippen LogP contribution in [0.4, 0.5) is 20.2 Å². The fraction of sp³-hybridized carbons (Fsp3) is 0.111. The summed E-state index contributed by atoms with van der Waals surface area (Å²) in [5.41, 5.74) is 3.85. The Morgan fingerprint density at radius 1 is 0.600 bits per heavy atom. The molecule has 0 radical (unpaired) electrons. The third kappa shape index (κ3) is 3.84. The van der Waals surface area contributed by atoms with Gasteiger partial charge in [0.25, 0.3) is 0 Å². The summed E-state index contributed by atoms with van der Waals surface area (Å²) in [5, 5.41) is 0. The largest absolute Gasteiger partial charge is 0.334 e. The van der Waals surface area contributed by atoms with Gasteiger partial charge < -0.3 is 4.90 Å². The molecule has 3 heteroatoms. The molecular weight excluding hydrogens is 376 g/mol. The van der Waals surface area contributed by atoms with Gasteiger partial charge in [-0.1, -0.05) is 72.8 Å². The Bertz CT molecular complexity index is 1140. The van der Waals surface area contributed by atoms with Gasteiger partial charge in [-0.3, -0.25) is 0 Å². The van der Waals surface area contributed by atoms with Crippen LogP contribution in [0, 0.1) is 11.6 Å². The fourth-order valence-corrected chi connectivity index (χ4v) is 3.74. The molecule has 4 aromatic carbocycles. The Hall–Kier alpha value is -3.46. The van der Waals surface area contributed by atoms with Crippen molar-refractivity contribution in [1.82, 2.24) is 0 Å². The first-order valence-corrected chi connectivity index (χ1v) is 10.0. The van der Waals surface area contributed by atoms with Crippen LogP contribution in [-0.4, -0.2) is 6.04 Å². The molecule has 4 rings (SSSR count). The summed E-state index contributed by atoms with van der Waals surface area (Å²) < 4.78 is 30.6. The van der Waals surface area contributed by atoms with Crippen molar-refractivity contribution in [2.45, 2.75) is 19.9 Å². The van der Waals surface area contributed by atoms with E-state index in [1.807, 2.05) is 86.6 Å². The second-order valence-corrected chi connectivity index (χ2v) is 7.50. The Labute approximate surface area is 176 Å². The van der Waals surface area contributed by atoms with Crippen LogP contribution in [0.5, 0.6) is 0 Å². The van der Waals surface area contributed by atoms with Gasteiger partial charge in [-0.2, -0.15) is 0 Å². The monoisotopic (exact) mass is 399 g/mol. The molecule has 150 valence electrons. The van der Waals surface area contributed by atoms with Crippen LogP contribution in [-0.2, 0) is 0 Å². The third-order valence-electron chi connectivity index (χ3n) is 5.13. The molecule has 0 aliphatic heterocycles. The molecule has 0 atom stereocenters. The van der Waals surface area contributed by atoms with Crippen LogP contribution in [0.15, 0.2) is 97.1 Å². The topological polar surface area (TPSA) is 3.24 Å². The second-order valence-electron chi connectivity index (χ2n) is 7.50. The highest BCUT2D eigenvalue weighted by Crippen LogP contribution is 2.39. The number of anilines is 2. The predicted molar refractivity (Wildman–Crippen MR) is 121 cm³/mol. The molecule has 0 saturated carbocycles. The summed E-state index contributed by atoms with van der Waals surface area (Å²) in [7, 11) is 0. The van der Waals surface area contributed by atoms with Crippen LogP contribution in [0.25, 0.3) is 22.3 Å². The van der Waals surface area contributed by atoms with E-state index < -0.39 is 0 Å². The first-order valence-electron chi connectivity index (χ1n) is 10.0. The third-order valence-corrected chi connectivity index (χ3v) is 5.13. The molecule has 1 nitrogen and oxygen atoms in total. The summed E-state index contributed by atoms with van der Waals surface area (Å²) in [5.74, 6) is -0.741. The average Bonchev–Trinajstić information content (AvgIpc) is 2.77. The predicted octanol–water partition coefficient (Wildman–Crippen LogP) is 7.85. The normalized spacial score (nSPS) is 11.0. The van der Waals surface area contributed by atoms with E-state index in [9.17, 15) is 4.39 Å². The zero-order valence-electron chi connectivity index (χ0n) is 17.0. The van der Waals surface area contributed by atoms with Crippen molar-refractivity contribution in [2.24, 2.45) is 0 Å². The van der Waals surface area contributed by atoms with E-state index in [4.69, 9.17) is 0 Å². The minimum Gasteiger partial charge on any atom is -0.334 e. The molecule has 0 N–H and O–H groups in total. The Kier molecular flexibility index (Phi) is 5.62. The van der Waals surface area contributed by atoms with E-state index in [1.165, 1.54) is 6.07 Å². The first kappa shape index (κ1) is 19.8. The highest BCUT2D eigenvalue weighted by molar-refractivity contribution is 5.81. The van der Waals surface area contributed by atoms with Crippen molar-refractivity contribution in [1.29, 1.82) is 0 Å². The average molecular weight is 399 g/mol. The van der Waals surface area contributed by atoms with Gasteiger partial charge in [-0.15, -0.1) is 0 Å². The molecular formula is C27H23F2N. The zero-order valence-corrected chi connectivity index (χ0v) is 17.0. The van der Waals surface area contributed by atoms with Crippen molar-refractivity contribution in [3.63, 3.8) is 0 Å². The summed E-state index contributed by atoms with van der Waals surface area (Å²) in [6.07, 6.45) is 0. The first-order chi connectivity index (χ1) is 14.6. The number of rotatable bonds is 5. The standard InChI is InChI=1S/C27H23F2N/c1-19(2)30(25-16-10-9-15-24(25)28)26-18-22(20-11-5-3-6-12-20)17-23(27(26)29)21-13-7-4-8-14-21/h3-19H,1-2H3. The minimum atomic E-state index is -0.378. The Morgan fingerprint density at radius 2 is 1.17 bits per heavy atom. The van der Waals surface area contributed by atoms with Gasteiger partial charge in [-0.05, 0) is 54.8 Å². The van der Waals surface area contributed by atoms with E-state index in [1.54, 1.807) is 23.1 Å². The van der Waals surface area contributed by atoms with Crippen LogP contribution >= 0.6 is 0 Å². The molecule has 30 heavy (non-hydrogen) atoms. The number of halogens is 2. The van der Waals surface area contributed by atoms with E-state index in [-0.39, 0.29) is 17.7 Å². The van der Waals surface area contributed by atoms with Gasteiger partial charge >= 0.3 is 0 Å². The maximum Gasteiger partial charge on any atom is 0.154 e. The number of para-hydroxylation sites is 1. The maximum atomic E-state index is 15.9. The molecule has 0 aromatic heterocycles. The molecule has 4 aromatic rings. The second kappa shape index (κ2) is 8.50. The van der Waals surface area contributed by atoms with Crippen molar-refractivity contribution < 1.29 is 8.78 Å². The SMILES string of the molecule is CC(C)N(c1ccccc1F)c1cc(-c2ccccc2)cc(-c2ccccc2)c1F. The lowest BCUT2D eigenvalue weighted by Crippen LogP contribution is -2.27. The van der Waals surface area contributed by atoms with Gasteiger partial charge in [0.2, 0.25) is 0 Å². The van der Waals surface area contributed by atoms with Gasteiger partial charge in [-0.25, -0.2) is 8.78 Å². The van der Waals surface area contributed by atoms with Gasteiger partial charge in [0, 0.05) is 11.6 Å². The van der Waals surface area contributed by atoms with Crippen molar-refractivity contribution >= 4 is 11.4 Å². The van der Waals surface area contributed by atoms with Crippen LogP contribution in [0.1, 0.15) is 13.8 Å². The molecule has 0 amide bonds. The number of hydrogen-bond acceptors (Lipinski definition) is 1. The van der Waals surface area contributed by atoms with Crippen molar-refractivity contribution in [2.75, 3.05) is 4.90 Å². The summed E-state index contributed by atoms with van der Waals surface area (Å²) >= 11 is 0. The van der Waals surface area contributed by atoms with E-state index in [0.717, 1.165) is 16.7 Å². The van der Waals surface area contributed by atoms with Crippen LogP contribution in [0.2, 0.25) is 0 Å². The number of benzene rings is 4. The summed E-state index contributed by atoms with van der Waals surface area (Å²) in [4.78, 5) is 1.73. The summed E-state index contributed by atoms with van der Waals surface area (Å²) in [6, 6.07) is 29.3. The van der Waals surface area contributed by atoms with Crippen molar-refractivity contribution in [3.8, 4) is 22.3 Å². The smallest absolute Gasteiger partial charge is 0.154 e. The molecule has 0 unspecified atom stereocenters. The zero-order chi connectivity index (χ0) is 21.1. The molecule has 0 heterocycles. The van der Waals surface area contributed by atoms with E-state index in [2.05, 4.69) is 0 Å². The summed E-state index contributed by atoms with van der Waals surface area (Å²) in [6.45, 7) is 3.87. The lowest BCUT2D eigenvalue weighted by atomic mass is 9.96. The van der Waals surface area contributed by atoms with E-state index in [0.29, 0.717) is 16.9 Å². The van der Waals surface area contributed by atoms with Crippen LogP contribution < -0.4 is 4.90 Å². The fourth-order valence-electron chi connectivity index (χ4n) is 3.74. The van der Waals surface area contributed by atoms with Crippen molar-refractivity contribution in [3.05, 3.63) is 109 Å². The molecule has 0 spiro atoms. The minimum absolute atomic E-state index is 0.147. The Balaban J connectivity index is 1.99. The highest BCUT2D eigenvalue weighted by Gasteiger charge is 2.23. The molecule has 0 aliphatic carbocycles. The van der Waals surface area contributed by atoms with Gasteiger partial charge in [0.05, 0.1) is 11.4 Å². The lowest BCUT2D eigenvalue weighted by molar-refractivity contribution is 0.604.